The first kappa shape index (κ1) is 17.5. The third kappa shape index (κ3) is 5.80. The Kier molecular flexibility index (Phi) is 6.85. The van der Waals surface area contributed by atoms with E-state index in [1.165, 1.54) is 12.1 Å². The van der Waals surface area contributed by atoms with Crippen molar-refractivity contribution in [1.82, 2.24) is 4.90 Å². The molecular formula is C16H20N2O4. The number of benzene rings is 2. The van der Waals surface area contributed by atoms with E-state index in [0.717, 1.165) is 18.7 Å². The smallest absolute Gasteiger partial charge is 0.269 e. The monoisotopic (exact) mass is 304 g/mol. The van der Waals surface area contributed by atoms with Gasteiger partial charge >= 0.3 is 0 Å². The van der Waals surface area contributed by atoms with Crippen LogP contribution in [0.3, 0.4) is 0 Å². The van der Waals surface area contributed by atoms with Crippen LogP contribution in [-0.4, -0.2) is 33.6 Å². The summed E-state index contributed by atoms with van der Waals surface area (Å²) in [5.41, 5.74) is 1.24. The van der Waals surface area contributed by atoms with Gasteiger partial charge in [-0.3, -0.25) is 10.1 Å². The van der Waals surface area contributed by atoms with Crippen LogP contribution in [0, 0.1) is 10.1 Å². The van der Waals surface area contributed by atoms with Crippen LogP contribution in [-0.2, 0) is 6.54 Å². The van der Waals surface area contributed by atoms with Gasteiger partial charge in [-0.1, -0.05) is 31.2 Å². The Bertz CT molecular complexity index is 578. The molecule has 2 aromatic rings. The van der Waals surface area contributed by atoms with Crippen molar-refractivity contribution in [2.24, 2.45) is 0 Å². The van der Waals surface area contributed by atoms with Gasteiger partial charge in [-0.05, 0) is 31.3 Å². The van der Waals surface area contributed by atoms with E-state index < -0.39 is 0 Å². The molecule has 0 fully saturated rings. The second-order valence-corrected chi connectivity index (χ2v) is 4.74. The molecule has 0 amide bonds. The fraction of sp³-hybridized carbons (Fsp3) is 0.250. The standard InChI is InChI=1S/C10H14N2O2.C6H6O2/c1-3-11(2)8-9-4-6-10(7-5-9)12(13)14;7-5-3-1-2-4-6(5)8/h4-7H,3,8H2,1-2H3;1-4,7-8H. The van der Waals surface area contributed by atoms with Gasteiger partial charge in [-0.2, -0.15) is 0 Å². The second kappa shape index (κ2) is 8.63. The van der Waals surface area contributed by atoms with Gasteiger partial charge in [-0.25, -0.2) is 0 Å². The van der Waals surface area contributed by atoms with Crippen LogP contribution in [0.1, 0.15) is 12.5 Å². The molecule has 0 unspecified atom stereocenters. The first-order valence-electron chi connectivity index (χ1n) is 6.83. The number of nitro groups is 1. The molecule has 2 aromatic carbocycles. The van der Waals surface area contributed by atoms with Crippen molar-refractivity contribution in [2.75, 3.05) is 13.6 Å². The highest BCUT2D eigenvalue weighted by Crippen LogP contribution is 2.21. The maximum atomic E-state index is 10.4. The summed E-state index contributed by atoms with van der Waals surface area (Å²) >= 11 is 0. The number of nitrogens with zero attached hydrogens (tertiary/aromatic N) is 2. The molecule has 0 bridgehead atoms. The zero-order chi connectivity index (χ0) is 16.5. The number of phenolic OH excluding ortho intramolecular Hbond substituents is 2. The molecule has 22 heavy (non-hydrogen) atoms. The Labute approximate surface area is 129 Å². The molecule has 0 saturated heterocycles. The normalized spacial score (nSPS) is 9.95. The van der Waals surface area contributed by atoms with Gasteiger partial charge in [0.15, 0.2) is 11.5 Å². The van der Waals surface area contributed by atoms with Gasteiger partial charge in [0, 0.05) is 18.7 Å². The Morgan fingerprint density at radius 2 is 1.55 bits per heavy atom. The molecule has 0 atom stereocenters. The van der Waals surface area contributed by atoms with E-state index in [9.17, 15) is 10.1 Å². The van der Waals surface area contributed by atoms with E-state index in [2.05, 4.69) is 11.8 Å². The highest BCUT2D eigenvalue weighted by molar-refractivity contribution is 5.36. The average molecular weight is 304 g/mol. The van der Waals surface area contributed by atoms with E-state index in [1.54, 1.807) is 36.4 Å². The van der Waals surface area contributed by atoms with Gasteiger partial charge in [0.05, 0.1) is 4.92 Å². The Morgan fingerprint density at radius 3 is 1.91 bits per heavy atom. The molecule has 2 rings (SSSR count). The van der Waals surface area contributed by atoms with Crippen LogP contribution in [0.25, 0.3) is 0 Å². The number of para-hydroxylation sites is 2. The van der Waals surface area contributed by atoms with Crippen LogP contribution >= 0.6 is 0 Å². The summed E-state index contributed by atoms with van der Waals surface area (Å²) in [5.74, 6) is -0.153. The van der Waals surface area contributed by atoms with Gasteiger partial charge < -0.3 is 15.1 Å². The minimum absolute atomic E-state index is 0.0764. The molecular weight excluding hydrogens is 284 g/mol. The van der Waals surface area contributed by atoms with Gasteiger partial charge in [0.1, 0.15) is 0 Å². The zero-order valence-electron chi connectivity index (χ0n) is 12.6. The van der Waals surface area contributed by atoms with E-state index >= 15 is 0 Å². The maximum absolute atomic E-state index is 10.4. The van der Waals surface area contributed by atoms with Crippen molar-refractivity contribution in [2.45, 2.75) is 13.5 Å². The summed E-state index contributed by atoms with van der Waals surface area (Å²) < 4.78 is 0. The molecule has 0 heterocycles. The number of hydrogen-bond donors (Lipinski definition) is 2. The lowest BCUT2D eigenvalue weighted by atomic mass is 10.2. The molecule has 6 heteroatoms. The maximum Gasteiger partial charge on any atom is 0.269 e. The van der Waals surface area contributed by atoms with Gasteiger partial charge in [0.2, 0.25) is 0 Å². The predicted molar refractivity (Wildman–Crippen MR) is 84.9 cm³/mol. The van der Waals surface area contributed by atoms with Crippen LogP contribution in [0.5, 0.6) is 11.5 Å². The number of phenols is 2. The van der Waals surface area contributed by atoms with E-state index in [4.69, 9.17) is 10.2 Å². The molecule has 2 N–H and O–H groups in total. The number of rotatable bonds is 4. The Balaban J connectivity index is 0.000000255. The van der Waals surface area contributed by atoms with Crippen molar-refractivity contribution in [3.05, 3.63) is 64.2 Å². The van der Waals surface area contributed by atoms with Crippen LogP contribution in [0.2, 0.25) is 0 Å². The molecule has 0 radical (unpaired) electrons. The fourth-order valence-electron chi connectivity index (χ4n) is 1.61. The predicted octanol–water partition coefficient (Wildman–Crippen LogP) is 3.14. The minimum atomic E-state index is -0.382. The van der Waals surface area contributed by atoms with Gasteiger partial charge in [0.25, 0.3) is 5.69 Å². The number of hydrogen-bond acceptors (Lipinski definition) is 5. The lowest BCUT2D eigenvalue weighted by Crippen LogP contribution is -2.16. The zero-order valence-corrected chi connectivity index (χ0v) is 12.6. The Morgan fingerprint density at radius 1 is 1.05 bits per heavy atom. The largest absolute Gasteiger partial charge is 0.504 e. The quantitative estimate of drug-likeness (QED) is 0.515. The Hall–Kier alpha value is -2.60. The van der Waals surface area contributed by atoms with Crippen molar-refractivity contribution in [1.29, 1.82) is 0 Å². The highest BCUT2D eigenvalue weighted by Gasteiger charge is 2.04. The molecule has 6 nitrogen and oxygen atoms in total. The molecule has 118 valence electrons. The van der Waals surface area contributed by atoms with Crippen molar-refractivity contribution < 1.29 is 15.1 Å². The minimum Gasteiger partial charge on any atom is -0.504 e. The molecule has 0 aliphatic rings. The van der Waals surface area contributed by atoms with Crippen LogP contribution < -0.4 is 0 Å². The summed E-state index contributed by atoms with van der Waals surface area (Å²) in [5, 5.41) is 27.7. The molecule has 0 saturated carbocycles. The lowest BCUT2D eigenvalue weighted by Gasteiger charge is -2.13. The third-order valence-corrected chi connectivity index (χ3v) is 3.02. The number of non-ortho nitro benzene ring substituents is 1. The van der Waals surface area contributed by atoms with E-state index in [1.807, 2.05) is 7.05 Å². The van der Waals surface area contributed by atoms with Crippen molar-refractivity contribution in [3.8, 4) is 11.5 Å². The van der Waals surface area contributed by atoms with Crippen LogP contribution in [0.15, 0.2) is 48.5 Å². The summed E-state index contributed by atoms with van der Waals surface area (Å²) in [6.45, 7) is 3.87. The summed E-state index contributed by atoms with van der Waals surface area (Å²) in [7, 11) is 2.02. The fourth-order valence-corrected chi connectivity index (χ4v) is 1.61. The lowest BCUT2D eigenvalue weighted by molar-refractivity contribution is -0.384. The molecule has 0 spiro atoms. The SMILES string of the molecule is CCN(C)Cc1ccc([N+](=O)[O-])cc1.Oc1ccccc1O. The number of nitro benzene ring substituents is 1. The van der Waals surface area contributed by atoms with Crippen LogP contribution in [0.4, 0.5) is 5.69 Å². The molecule has 0 aliphatic carbocycles. The topological polar surface area (TPSA) is 86.8 Å². The van der Waals surface area contributed by atoms with E-state index in [0.29, 0.717) is 0 Å². The van der Waals surface area contributed by atoms with Crippen molar-refractivity contribution >= 4 is 5.69 Å². The average Bonchev–Trinajstić information content (AvgIpc) is 2.51. The van der Waals surface area contributed by atoms with Gasteiger partial charge in [-0.15, -0.1) is 0 Å². The number of aromatic hydroxyl groups is 2. The van der Waals surface area contributed by atoms with Crippen molar-refractivity contribution in [3.63, 3.8) is 0 Å². The summed E-state index contributed by atoms with van der Waals surface area (Å²) in [4.78, 5) is 12.1. The first-order valence-corrected chi connectivity index (χ1v) is 6.83. The van der Waals surface area contributed by atoms with E-state index in [-0.39, 0.29) is 22.1 Å². The molecule has 0 aliphatic heterocycles. The summed E-state index contributed by atoms with van der Waals surface area (Å²) in [6.07, 6.45) is 0. The summed E-state index contributed by atoms with van der Waals surface area (Å²) in [6, 6.07) is 12.8. The molecule has 0 aromatic heterocycles. The second-order valence-electron chi connectivity index (χ2n) is 4.74. The first-order chi connectivity index (χ1) is 10.4. The highest BCUT2D eigenvalue weighted by atomic mass is 16.6. The third-order valence-electron chi connectivity index (χ3n) is 3.02.